The first-order valence-electron chi connectivity index (χ1n) is 10.6. The molecule has 30 heavy (non-hydrogen) atoms. The lowest BCUT2D eigenvalue weighted by molar-refractivity contribution is 0.0695. The highest BCUT2D eigenvalue weighted by molar-refractivity contribution is 5.89. The number of hydrogen-bond acceptors (Lipinski definition) is 4. The molecule has 1 saturated carbocycles. The molecule has 0 unspecified atom stereocenters. The summed E-state index contributed by atoms with van der Waals surface area (Å²) in [4.78, 5) is 15.5. The maximum atomic E-state index is 11.5. The largest absolute Gasteiger partial charge is 0.478 e. The molecule has 156 valence electrons. The summed E-state index contributed by atoms with van der Waals surface area (Å²) in [6, 6.07) is 16.5. The van der Waals surface area contributed by atoms with Gasteiger partial charge in [0.1, 0.15) is 0 Å². The second kappa shape index (κ2) is 9.69. The van der Waals surface area contributed by atoms with Crippen molar-refractivity contribution in [1.29, 1.82) is 0 Å². The maximum absolute atomic E-state index is 11.5. The molecule has 6 nitrogen and oxygen atoms in total. The number of hydrogen-bond donors (Lipinski definition) is 3. The number of nitrogens with zero attached hydrogens (tertiary/aromatic N) is 2. The highest BCUT2D eigenvalue weighted by atomic mass is 16.4. The summed E-state index contributed by atoms with van der Waals surface area (Å²) in [6.45, 7) is 1.39. The minimum atomic E-state index is -0.871. The molecule has 0 saturated heterocycles. The minimum Gasteiger partial charge on any atom is -0.478 e. The summed E-state index contributed by atoms with van der Waals surface area (Å²) in [5.41, 5.74) is 3.57. The van der Waals surface area contributed by atoms with Gasteiger partial charge in [0, 0.05) is 43.3 Å². The Morgan fingerprint density at radius 3 is 2.37 bits per heavy atom. The Morgan fingerprint density at radius 2 is 1.70 bits per heavy atom. The maximum Gasteiger partial charge on any atom is 0.336 e. The van der Waals surface area contributed by atoms with Gasteiger partial charge < -0.3 is 20.3 Å². The molecule has 1 heterocycles. The number of nitrogens with one attached hydrogen (secondary N) is 2. The second-order valence-corrected chi connectivity index (χ2v) is 7.86. The van der Waals surface area contributed by atoms with Gasteiger partial charge in [-0.15, -0.1) is 0 Å². The van der Waals surface area contributed by atoms with Crippen molar-refractivity contribution < 1.29 is 9.90 Å². The number of aromatic carboxylic acids is 1. The Balaban J connectivity index is 1.34. The van der Waals surface area contributed by atoms with E-state index in [1.165, 1.54) is 18.4 Å². The molecule has 0 bridgehead atoms. The number of carbonyl (C=O) groups is 1. The fraction of sp³-hybridized carbons (Fsp3) is 0.333. The van der Waals surface area contributed by atoms with Crippen LogP contribution in [0.1, 0.15) is 47.2 Å². The van der Waals surface area contributed by atoms with E-state index in [0.29, 0.717) is 24.2 Å². The summed E-state index contributed by atoms with van der Waals surface area (Å²) < 4.78 is 1.99. The topological polar surface area (TPSA) is 79.2 Å². The Bertz CT molecular complexity index is 954. The van der Waals surface area contributed by atoms with Gasteiger partial charge in [-0.25, -0.2) is 9.78 Å². The van der Waals surface area contributed by atoms with E-state index in [1.54, 1.807) is 24.7 Å². The first-order chi connectivity index (χ1) is 14.7. The first kappa shape index (κ1) is 20.3. The molecule has 0 spiro atoms. The fourth-order valence-corrected chi connectivity index (χ4v) is 4.19. The van der Waals surface area contributed by atoms with Crippen LogP contribution in [0.2, 0.25) is 0 Å². The van der Waals surface area contributed by atoms with Gasteiger partial charge in [0.05, 0.1) is 11.9 Å². The van der Waals surface area contributed by atoms with Crippen molar-refractivity contribution in [2.75, 3.05) is 0 Å². The van der Waals surface area contributed by atoms with E-state index in [1.807, 2.05) is 22.9 Å². The van der Waals surface area contributed by atoms with E-state index in [4.69, 9.17) is 0 Å². The molecule has 0 aliphatic heterocycles. The van der Waals surface area contributed by atoms with Gasteiger partial charge in [-0.2, -0.15) is 0 Å². The Hall–Kier alpha value is -2.96. The lowest BCUT2D eigenvalue weighted by Crippen LogP contribution is -2.49. The van der Waals surface area contributed by atoms with Crippen LogP contribution in [-0.2, 0) is 13.1 Å². The van der Waals surface area contributed by atoms with Gasteiger partial charge in [0.25, 0.3) is 0 Å². The van der Waals surface area contributed by atoms with Crippen molar-refractivity contribution >= 4 is 5.97 Å². The monoisotopic (exact) mass is 404 g/mol. The highest BCUT2D eigenvalue weighted by Crippen LogP contribution is 2.20. The fourth-order valence-electron chi connectivity index (χ4n) is 4.19. The molecule has 1 fully saturated rings. The number of carboxylic acids is 1. The highest BCUT2D eigenvalue weighted by Gasteiger charge is 2.24. The van der Waals surface area contributed by atoms with Crippen LogP contribution in [0.4, 0.5) is 0 Å². The van der Waals surface area contributed by atoms with Crippen LogP contribution in [0, 0.1) is 0 Å². The number of imidazole rings is 1. The third-order valence-electron chi connectivity index (χ3n) is 5.88. The Kier molecular flexibility index (Phi) is 6.57. The summed E-state index contributed by atoms with van der Waals surface area (Å²) >= 11 is 0. The van der Waals surface area contributed by atoms with E-state index >= 15 is 0 Å². The van der Waals surface area contributed by atoms with Crippen molar-refractivity contribution in [2.24, 2.45) is 0 Å². The van der Waals surface area contributed by atoms with E-state index < -0.39 is 5.97 Å². The zero-order valence-electron chi connectivity index (χ0n) is 17.0. The molecule has 2 atom stereocenters. The van der Waals surface area contributed by atoms with Crippen molar-refractivity contribution in [3.8, 4) is 5.69 Å². The average Bonchev–Trinajstić information content (AvgIpc) is 3.32. The van der Waals surface area contributed by atoms with Gasteiger partial charge in [-0.1, -0.05) is 43.2 Å². The lowest BCUT2D eigenvalue weighted by atomic mass is 9.89. The Morgan fingerprint density at radius 1 is 1.00 bits per heavy atom. The molecule has 0 amide bonds. The summed E-state index contributed by atoms with van der Waals surface area (Å²) in [7, 11) is 0. The normalized spacial score (nSPS) is 18.9. The lowest BCUT2D eigenvalue weighted by Gasteiger charge is -2.33. The third-order valence-corrected chi connectivity index (χ3v) is 5.88. The molecule has 1 aliphatic rings. The van der Waals surface area contributed by atoms with Crippen LogP contribution in [0.5, 0.6) is 0 Å². The van der Waals surface area contributed by atoms with E-state index in [9.17, 15) is 9.90 Å². The summed E-state index contributed by atoms with van der Waals surface area (Å²) in [5.74, 6) is -0.871. The van der Waals surface area contributed by atoms with Gasteiger partial charge >= 0.3 is 5.97 Å². The molecule has 3 aromatic rings. The summed E-state index contributed by atoms with van der Waals surface area (Å²) in [5, 5.41) is 16.7. The van der Waals surface area contributed by atoms with Crippen molar-refractivity contribution in [1.82, 2.24) is 20.2 Å². The third kappa shape index (κ3) is 4.96. The van der Waals surface area contributed by atoms with E-state index in [2.05, 4.69) is 39.9 Å². The number of rotatable bonds is 8. The molecular weight excluding hydrogens is 376 g/mol. The van der Waals surface area contributed by atoms with Gasteiger partial charge in [-0.05, 0) is 42.2 Å². The minimum absolute atomic E-state index is 0.339. The van der Waals surface area contributed by atoms with Crippen LogP contribution in [0.25, 0.3) is 5.69 Å². The zero-order valence-corrected chi connectivity index (χ0v) is 17.0. The van der Waals surface area contributed by atoms with Gasteiger partial charge in [0.15, 0.2) is 0 Å². The second-order valence-electron chi connectivity index (χ2n) is 7.86. The number of benzene rings is 2. The molecule has 1 aromatic heterocycles. The molecular formula is C24H28N4O2. The zero-order chi connectivity index (χ0) is 20.8. The SMILES string of the molecule is O=C(O)c1ccccc1CN[C@@H]1CCCC[C@H]1NCc1ccc(-n2ccnc2)cc1. The molecule has 4 rings (SSSR count). The molecule has 3 N–H and O–H groups in total. The molecule has 2 aromatic carbocycles. The van der Waals surface area contributed by atoms with Crippen LogP contribution >= 0.6 is 0 Å². The number of carboxylic acid groups (broad SMARTS) is 1. The standard InChI is InChI=1S/C24H28N4O2/c29-24(30)21-6-2-1-5-19(21)16-27-23-8-4-3-7-22(23)26-15-18-9-11-20(12-10-18)28-14-13-25-17-28/h1-2,5-6,9-14,17,22-23,26-27H,3-4,7-8,15-16H2,(H,29,30)/t22-,23-/m1/s1. The van der Waals surface area contributed by atoms with Crippen molar-refractivity contribution in [3.05, 3.63) is 83.9 Å². The van der Waals surface area contributed by atoms with E-state index in [-0.39, 0.29) is 0 Å². The molecule has 0 radical (unpaired) electrons. The first-order valence-corrected chi connectivity index (χ1v) is 10.6. The van der Waals surface area contributed by atoms with Gasteiger partial charge in [-0.3, -0.25) is 0 Å². The molecule has 1 aliphatic carbocycles. The van der Waals surface area contributed by atoms with Crippen molar-refractivity contribution in [3.63, 3.8) is 0 Å². The Labute approximate surface area is 177 Å². The predicted molar refractivity (Wildman–Crippen MR) is 117 cm³/mol. The van der Waals surface area contributed by atoms with Crippen LogP contribution in [0.15, 0.2) is 67.3 Å². The summed E-state index contributed by atoms with van der Waals surface area (Å²) in [6.07, 6.45) is 10.2. The van der Waals surface area contributed by atoms with Gasteiger partial charge in [0.2, 0.25) is 0 Å². The number of aromatic nitrogens is 2. The van der Waals surface area contributed by atoms with Crippen LogP contribution in [0.3, 0.4) is 0 Å². The van der Waals surface area contributed by atoms with E-state index in [0.717, 1.165) is 30.6 Å². The van der Waals surface area contributed by atoms with Crippen molar-refractivity contribution in [2.45, 2.75) is 50.9 Å². The smallest absolute Gasteiger partial charge is 0.336 e. The predicted octanol–water partition coefficient (Wildman–Crippen LogP) is 3.76. The molecule has 6 heteroatoms. The van der Waals surface area contributed by atoms with Crippen LogP contribution in [-0.4, -0.2) is 32.7 Å². The average molecular weight is 405 g/mol. The quantitative estimate of drug-likeness (QED) is 0.533. The van der Waals surface area contributed by atoms with Crippen LogP contribution < -0.4 is 10.6 Å².